The molecule has 2 heterocycles. The van der Waals surface area contributed by atoms with Gasteiger partial charge in [0.25, 0.3) is 0 Å². The van der Waals surface area contributed by atoms with Crippen LogP contribution in [0.4, 0.5) is 0 Å². The summed E-state index contributed by atoms with van der Waals surface area (Å²) in [7, 11) is 0. The minimum absolute atomic E-state index is 0.0491. The maximum absolute atomic E-state index is 5.39. The molecule has 1 saturated heterocycles. The summed E-state index contributed by atoms with van der Waals surface area (Å²) in [6.07, 6.45) is 0. The van der Waals surface area contributed by atoms with Crippen LogP contribution in [0.3, 0.4) is 0 Å². The van der Waals surface area contributed by atoms with Crippen LogP contribution in [0.15, 0.2) is 39.8 Å². The summed E-state index contributed by atoms with van der Waals surface area (Å²) in [5, 5.41) is 7.32. The maximum atomic E-state index is 5.39. The van der Waals surface area contributed by atoms with E-state index in [0.29, 0.717) is 24.1 Å². The van der Waals surface area contributed by atoms with Gasteiger partial charge in [0.15, 0.2) is 5.82 Å². The first-order valence-electron chi connectivity index (χ1n) is 6.23. The number of rotatable bonds is 4. The van der Waals surface area contributed by atoms with Crippen molar-refractivity contribution in [1.29, 1.82) is 0 Å². The van der Waals surface area contributed by atoms with Crippen molar-refractivity contribution in [3.05, 3.63) is 42.0 Å². The average Bonchev–Trinajstić information content (AvgIpc) is 2.96. The lowest BCUT2D eigenvalue weighted by Crippen LogP contribution is -2.35. The fraction of sp³-hybridized carbons (Fsp3) is 0.385. The summed E-state index contributed by atoms with van der Waals surface area (Å²) in [6, 6.07) is 10.2. The van der Waals surface area contributed by atoms with E-state index in [2.05, 4.69) is 27.6 Å². The van der Waals surface area contributed by atoms with Crippen molar-refractivity contribution in [1.82, 2.24) is 15.5 Å². The molecule has 0 bridgehead atoms. The highest BCUT2D eigenvalue weighted by Gasteiger charge is 2.20. The van der Waals surface area contributed by atoms with Crippen molar-refractivity contribution in [2.45, 2.75) is 16.7 Å². The summed E-state index contributed by atoms with van der Waals surface area (Å²) >= 11 is 1.69. The summed E-state index contributed by atoms with van der Waals surface area (Å²) < 4.78 is 10.6. The Balaban J connectivity index is 1.58. The first-order valence-corrected chi connectivity index (χ1v) is 7.22. The van der Waals surface area contributed by atoms with E-state index in [1.165, 1.54) is 4.90 Å². The minimum Gasteiger partial charge on any atom is -0.378 e. The third-order valence-electron chi connectivity index (χ3n) is 2.82. The molecule has 1 unspecified atom stereocenters. The Bertz CT molecular complexity index is 512. The zero-order valence-corrected chi connectivity index (χ0v) is 11.2. The van der Waals surface area contributed by atoms with E-state index in [4.69, 9.17) is 9.26 Å². The number of nitrogens with zero attached hydrogens (tertiary/aromatic N) is 2. The highest BCUT2D eigenvalue weighted by Crippen LogP contribution is 2.22. The van der Waals surface area contributed by atoms with Gasteiger partial charge in [-0.15, -0.1) is 11.8 Å². The molecular weight excluding hydrogens is 262 g/mol. The van der Waals surface area contributed by atoms with Gasteiger partial charge in [-0.25, -0.2) is 0 Å². The Morgan fingerprint density at radius 3 is 3.00 bits per heavy atom. The third-order valence-corrected chi connectivity index (χ3v) is 3.82. The Kier molecular flexibility index (Phi) is 4.12. The van der Waals surface area contributed by atoms with Gasteiger partial charge in [-0.05, 0) is 12.1 Å². The molecule has 1 aliphatic heterocycles. The van der Waals surface area contributed by atoms with Crippen molar-refractivity contribution >= 4 is 11.8 Å². The van der Waals surface area contributed by atoms with Gasteiger partial charge < -0.3 is 14.6 Å². The van der Waals surface area contributed by atoms with Crippen LogP contribution in [0.1, 0.15) is 17.8 Å². The fourth-order valence-electron chi connectivity index (χ4n) is 1.86. The molecule has 1 aromatic heterocycles. The van der Waals surface area contributed by atoms with E-state index in [1.807, 2.05) is 18.2 Å². The van der Waals surface area contributed by atoms with Gasteiger partial charge in [-0.2, -0.15) is 4.98 Å². The summed E-state index contributed by atoms with van der Waals surface area (Å²) in [5.74, 6) is 2.02. The van der Waals surface area contributed by atoms with Gasteiger partial charge in [-0.1, -0.05) is 23.4 Å². The lowest BCUT2D eigenvalue weighted by Gasteiger charge is -2.20. The second-order valence-electron chi connectivity index (χ2n) is 4.23. The van der Waals surface area contributed by atoms with Crippen LogP contribution in [0.5, 0.6) is 0 Å². The quantitative estimate of drug-likeness (QED) is 0.863. The second kappa shape index (κ2) is 6.18. The summed E-state index contributed by atoms with van der Waals surface area (Å²) in [6.45, 7) is 2.17. The van der Waals surface area contributed by atoms with E-state index in [-0.39, 0.29) is 6.04 Å². The van der Waals surface area contributed by atoms with Crippen LogP contribution >= 0.6 is 11.8 Å². The highest BCUT2D eigenvalue weighted by molar-refractivity contribution is 7.98. The van der Waals surface area contributed by atoms with E-state index in [1.54, 1.807) is 11.8 Å². The molecule has 1 fully saturated rings. The molecule has 2 aromatic rings. The normalized spacial score (nSPS) is 19.5. The van der Waals surface area contributed by atoms with Crippen LogP contribution in [0.25, 0.3) is 0 Å². The van der Waals surface area contributed by atoms with Crippen LogP contribution in [0, 0.1) is 0 Å². The molecule has 0 saturated carbocycles. The van der Waals surface area contributed by atoms with Gasteiger partial charge in [0, 0.05) is 11.4 Å². The first kappa shape index (κ1) is 12.7. The molecule has 3 rings (SSSR count). The largest absolute Gasteiger partial charge is 0.378 e. The number of morpholine rings is 1. The Hall–Kier alpha value is -1.37. The number of aromatic nitrogens is 2. The standard InChI is InChI=1S/C13H15N3O2S/c1-2-4-10(5-3-1)19-9-12-15-13(16-18-12)11-8-17-7-6-14-11/h1-5,11,14H,6-9H2. The molecule has 6 heteroatoms. The van der Waals surface area contributed by atoms with Crippen LogP contribution in [-0.2, 0) is 10.5 Å². The monoisotopic (exact) mass is 277 g/mol. The van der Waals surface area contributed by atoms with Crippen molar-refractivity contribution in [2.24, 2.45) is 0 Å². The molecule has 0 spiro atoms. The fourth-order valence-corrected chi connectivity index (χ4v) is 2.62. The summed E-state index contributed by atoms with van der Waals surface area (Å²) in [5.41, 5.74) is 0. The number of ether oxygens (including phenoxy) is 1. The Morgan fingerprint density at radius 1 is 1.32 bits per heavy atom. The molecule has 1 atom stereocenters. The first-order chi connectivity index (χ1) is 9.42. The number of benzene rings is 1. The van der Waals surface area contributed by atoms with Gasteiger partial charge in [0.05, 0.1) is 25.0 Å². The molecule has 19 heavy (non-hydrogen) atoms. The topological polar surface area (TPSA) is 60.2 Å². The van der Waals surface area contributed by atoms with Crippen molar-refractivity contribution < 1.29 is 9.26 Å². The van der Waals surface area contributed by atoms with E-state index in [0.717, 1.165) is 13.2 Å². The van der Waals surface area contributed by atoms with Gasteiger partial charge >= 0.3 is 0 Å². The SMILES string of the molecule is c1ccc(SCc2nc(C3COCCN3)no2)cc1. The van der Waals surface area contributed by atoms with E-state index in [9.17, 15) is 0 Å². The number of thioether (sulfide) groups is 1. The second-order valence-corrected chi connectivity index (χ2v) is 5.28. The molecule has 1 aromatic carbocycles. The van der Waals surface area contributed by atoms with Crippen molar-refractivity contribution in [3.8, 4) is 0 Å². The maximum Gasteiger partial charge on any atom is 0.237 e. The molecule has 5 nitrogen and oxygen atoms in total. The lowest BCUT2D eigenvalue weighted by atomic mass is 10.3. The molecule has 100 valence electrons. The number of hydrogen-bond donors (Lipinski definition) is 1. The Morgan fingerprint density at radius 2 is 2.21 bits per heavy atom. The summed E-state index contributed by atoms with van der Waals surface area (Å²) in [4.78, 5) is 5.60. The van der Waals surface area contributed by atoms with Crippen LogP contribution < -0.4 is 5.32 Å². The molecule has 0 amide bonds. The minimum atomic E-state index is 0.0491. The third kappa shape index (κ3) is 3.34. The van der Waals surface area contributed by atoms with E-state index >= 15 is 0 Å². The smallest absolute Gasteiger partial charge is 0.237 e. The molecule has 0 radical (unpaired) electrons. The molecule has 1 aliphatic rings. The van der Waals surface area contributed by atoms with Crippen LogP contribution in [0.2, 0.25) is 0 Å². The molecule has 1 N–H and O–H groups in total. The average molecular weight is 277 g/mol. The zero-order chi connectivity index (χ0) is 12.9. The Labute approximate surface area is 115 Å². The zero-order valence-electron chi connectivity index (χ0n) is 10.4. The number of nitrogens with one attached hydrogen (secondary N) is 1. The van der Waals surface area contributed by atoms with Crippen molar-refractivity contribution in [3.63, 3.8) is 0 Å². The number of hydrogen-bond acceptors (Lipinski definition) is 6. The van der Waals surface area contributed by atoms with Gasteiger partial charge in [0.1, 0.15) is 0 Å². The highest BCUT2D eigenvalue weighted by atomic mass is 32.2. The van der Waals surface area contributed by atoms with E-state index < -0.39 is 0 Å². The predicted molar refractivity (Wildman–Crippen MR) is 71.9 cm³/mol. The van der Waals surface area contributed by atoms with Gasteiger partial charge in [-0.3, -0.25) is 0 Å². The molecular formula is C13H15N3O2S. The lowest BCUT2D eigenvalue weighted by molar-refractivity contribution is 0.0734. The predicted octanol–water partition coefficient (Wildman–Crippen LogP) is 2.02. The molecule has 0 aliphatic carbocycles. The van der Waals surface area contributed by atoms with Crippen molar-refractivity contribution in [2.75, 3.05) is 19.8 Å². The van der Waals surface area contributed by atoms with Crippen LogP contribution in [-0.4, -0.2) is 29.9 Å². The van der Waals surface area contributed by atoms with Gasteiger partial charge in [0.2, 0.25) is 5.89 Å².